The minimum Gasteiger partial charge on any atom is -0.378 e. The first-order chi connectivity index (χ1) is 13.3. The van der Waals surface area contributed by atoms with Gasteiger partial charge >= 0.3 is 0 Å². The van der Waals surface area contributed by atoms with Crippen molar-refractivity contribution in [1.82, 2.24) is 0 Å². The van der Waals surface area contributed by atoms with E-state index in [0.29, 0.717) is 0 Å². The Kier molecular flexibility index (Phi) is 4.35. The summed E-state index contributed by atoms with van der Waals surface area (Å²) in [5.41, 5.74) is 5.34. The maximum absolute atomic E-state index is 11.8. The average Bonchev–Trinajstić information content (AvgIpc) is 2.69. The highest BCUT2D eigenvalue weighted by Crippen LogP contribution is 2.28. The number of benzene rings is 3. The Bertz CT molecular complexity index is 1210. The summed E-state index contributed by atoms with van der Waals surface area (Å²) in [7, 11) is 2.24. The maximum atomic E-state index is 11.8. The van der Waals surface area contributed by atoms with Gasteiger partial charge in [-0.1, -0.05) is 68.2 Å². The van der Waals surface area contributed by atoms with Crippen LogP contribution < -0.4 is 25.7 Å². The molecule has 0 saturated heterocycles. The summed E-state index contributed by atoms with van der Waals surface area (Å²) in [6.07, 6.45) is 0.961. The molecule has 1 aliphatic heterocycles. The van der Waals surface area contributed by atoms with Gasteiger partial charge in [0.1, 0.15) is 8.07 Å². The standard InChI is InChI=1S/C25H25NOSi/c1-17-10-12-21-23(14-17)28(4,5)24-15-19(26(2)3)11-13-22(24)25(21)20-9-7-6-8-18(20)16-27/h6-16H,1H2,2-5H3. The molecule has 0 amide bonds. The molecule has 0 bridgehead atoms. The number of nitrogens with zero attached hydrogens (tertiary/aromatic N) is 1. The van der Waals surface area contributed by atoms with Crippen molar-refractivity contribution in [2.24, 2.45) is 0 Å². The lowest BCUT2D eigenvalue weighted by Gasteiger charge is -2.34. The van der Waals surface area contributed by atoms with Crippen molar-refractivity contribution >= 4 is 42.6 Å². The third-order valence-corrected chi connectivity index (χ3v) is 9.37. The summed E-state index contributed by atoms with van der Waals surface area (Å²) in [4.78, 5) is 13.9. The number of carbonyl (C=O) groups excluding carboxylic acids is 1. The zero-order chi connectivity index (χ0) is 20.1. The Morgan fingerprint density at radius 1 is 0.893 bits per heavy atom. The predicted molar refractivity (Wildman–Crippen MR) is 122 cm³/mol. The summed E-state index contributed by atoms with van der Waals surface area (Å²) in [6, 6.07) is 21.1. The molecule has 0 aliphatic carbocycles. The SMILES string of the molecule is C=c1ccc2c(c1)[Si](C)(C)c1cc(N(C)C)ccc1C=2c1ccccc1C=O. The molecule has 0 fully saturated rings. The topological polar surface area (TPSA) is 20.3 Å². The molecule has 1 aliphatic rings. The molecule has 28 heavy (non-hydrogen) atoms. The molecule has 3 aromatic carbocycles. The molecule has 2 nitrogen and oxygen atoms in total. The first-order valence-corrected chi connectivity index (χ1v) is 12.5. The molecule has 140 valence electrons. The molecule has 0 radical (unpaired) electrons. The zero-order valence-electron chi connectivity index (χ0n) is 16.9. The fourth-order valence-corrected chi connectivity index (χ4v) is 7.39. The molecule has 0 atom stereocenters. The molecule has 4 rings (SSSR count). The first-order valence-electron chi connectivity index (χ1n) is 9.55. The lowest BCUT2D eigenvalue weighted by molar-refractivity contribution is 0.112. The highest BCUT2D eigenvalue weighted by molar-refractivity contribution is 7.01. The molecular weight excluding hydrogens is 358 g/mol. The lowest BCUT2D eigenvalue weighted by atomic mass is 9.91. The molecule has 3 heteroatoms. The zero-order valence-corrected chi connectivity index (χ0v) is 17.9. The van der Waals surface area contributed by atoms with Gasteiger partial charge in [-0.2, -0.15) is 0 Å². The van der Waals surface area contributed by atoms with E-state index in [0.717, 1.165) is 28.2 Å². The second-order valence-corrected chi connectivity index (χ2v) is 12.5. The van der Waals surface area contributed by atoms with Crippen molar-refractivity contribution < 1.29 is 4.79 Å². The van der Waals surface area contributed by atoms with E-state index < -0.39 is 8.07 Å². The molecule has 3 aromatic rings. The molecular formula is C25H25NOSi. The van der Waals surface area contributed by atoms with Crippen LogP contribution in [0.4, 0.5) is 5.69 Å². The van der Waals surface area contributed by atoms with Crippen molar-refractivity contribution in [2.45, 2.75) is 13.1 Å². The van der Waals surface area contributed by atoms with E-state index in [-0.39, 0.29) is 0 Å². The van der Waals surface area contributed by atoms with Crippen LogP contribution in [0.2, 0.25) is 13.1 Å². The normalized spacial score (nSPS) is 14.2. The summed E-state index contributed by atoms with van der Waals surface area (Å²) in [5, 5.41) is 5.07. The van der Waals surface area contributed by atoms with Gasteiger partial charge in [-0.15, -0.1) is 0 Å². The number of hydrogen-bond donors (Lipinski definition) is 0. The third kappa shape index (κ3) is 2.74. The van der Waals surface area contributed by atoms with Crippen molar-refractivity contribution in [3.8, 4) is 0 Å². The Morgan fingerprint density at radius 2 is 1.64 bits per heavy atom. The summed E-state index contributed by atoms with van der Waals surface area (Å²) >= 11 is 0. The van der Waals surface area contributed by atoms with Gasteiger partial charge in [0.05, 0.1) is 0 Å². The van der Waals surface area contributed by atoms with Crippen LogP contribution in [0.5, 0.6) is 0 Å². The Labute approximate surface area is 167 Å². The molecule has 0 spiro atoms. The van der Waals surface area contributed by atoms with E-state index in [9.17, 15) is 4.79 Å². The van der Waals surface area contributed by atoms with E-state index in [1.165, 1.54) is 26.8 Å². The number of fused-ring (bicyclic) bond motifs is 2. The van der Waals surface area contributed by atoms with Gasteiger partial charge in [0.2, 0.25) is 0 Å². The van der Waals surface area contributed by atoms with Gasteiger partial charge in [0, 0.05) is 25.3 Å². The molecule has 0 N–H and O–H groups in total. The number of carbonyl (C=O) groups is 1. The van der Waals surface area contributed by atoms with Crippen molar-refractivity contribution in [3.63, 3.8) is 0 Å². The van der Waals surface area contributed by atoms with Crippen molar-refractivity contribution in [1.29, 1.82) is 0 Å². The fraction of sp³-hybridized carbons (Fsp3) is 0.160. The monoisotopic (exact) mass is 383 g/mol. The van der Waals surface area contributed by atoms with Crippen LogP contribution in [0, 0.1) is 0 Å². The van der Waals surface area contributed by atoms with Crippen LogP contribution >= 0.6 is 0 Å². The Morgan fingerprint density at radius 3 is 2.36 bits per heavy atom. The highest BCUT2D eigenvalue weighted by Gasteiger charge is 2.35. The maximum Gasteiger partial charge on any atom is 0.150 e. The van der Waals surface area contributed by atoms with E-state index in [4.69, 9.17) is 0 Å². The first kappa shape index (κ1) is 18.5. The fourth-order valence-electron chi connectivity index (χ4n) is 4.28. The molecule has 1 heterocycles. The van der Waals surface area contributed by atoms with Crippen molar-refractivity contribution in [2.75, 3.05) is 19.0 Å². The second kappa shape index (κ2) is 6.61. The largest absolute Gasteiger partial charge is 0.378 e. The van der Waals surface area contributed by atoms with Crippen LogP contribution in [0.1, 0.15) is 21.5 Å². The van der Waals surface area contributed by atoms with Crippen LogP contribution in [0.15, 0.2) is 60.7 Å². The lowest BCUT2D eigenvalue weighted by Crippen LogP contribution is -2.63. The van der Waals surface area contributed by atoms with Gasteiger partial charge < -0.3 is 4.90 Å². The van der Waals surface area contributed by atoms with Gasteiger partial charge in [0.15, 0.2) is 6.29 Å². The average molecular weight is 384 g/mol. The van der Waals surface area contributed by atoms with Crippen LogP contribution in [-0.4, -0.2) is 28.5 Å². The molecule has 0 unspecified atom stereocenters. The third-order valence-electron chi connectivity index (χ3n) is 5.85. The smallest absolute Gasteiger partial charge is 0.150 e. The van der Waals surface area contributed by atoms with Gasteiger partial charge in [-0.05, 0) is 49.6 Å². The number of anilines is 1. The number of aldehydes is 1. The number of rotatable bonds is 3. The highest BCUT2D eigenvalue weighted by atomic mass is 28.3. The quantitative estimate of drug-likeness (QED) is 0.511. The summed E-state index contributed by atoms with van der Waals surface area (Å²) in [6.45, 7) is 8.99. The number of hydrogen-bond acceptors (Lipinski definition) is 2. The second-order valence-electron chi connectivity index (χ2n) is 8.21. The van der Waals surface area contributed by atoms with E-state index in [2.05, 4.69) is 81.1 Å². The van der Waals surface area contributed by atoms with Crippen LogP contribution in [-0.2, 0) is 0 Å². The van der Waals surface area contributed by atoms with Crippen LogP contribution in [0.25, 0.3) is 12.2 Å². The van der Waals surface area contributed by atoms with Gasteiger partial charge in [-0.3, -0.25) is 4.79 Å². The minimum atomic E-state index is -1.92. The van der Waals surface area contributed by atoms with E-state index >= 15 is 0 Å². The van der Waals surface area contributed by atoms with E-state index in [1.807, 2.05) is 18.2 Å². The molecule has 0 saturated carbocycles. The summed E-state index contributed by atoms with van der Waals surface area (Å²) in [5.74, 6) is 0. The Balaban J connectivity index is 2.20. The summed E-state index contributed by atoms with van der Waals surface area (Å²) < 4.78 is 0. The molecule has 0 aromatic heterocycles. The minimum absolute atomic E-state index is 0.728. The van der Waals surface area contributed by atoms with E-state index in [1.54, 1.807) is 0 Å². The van der Waals surface area contributed by atoms with Crippen LogP contribution in [0.3, 0.4) is 0 Å². The van der Waals surface area contributed by atoms with Gasteiger partial charge in [0.25, 0.3) is 0 Å². The van der Waals surface area contributed by atoms with Gasteiger partial charge in [-0.25, -0.2) is 0 Å². The van der Waals surface area contributed by atoms with Crippen molar-refractivity contribution in [3.05, 3.63) is 87.8 Å². The predicted octanol–water partition coefficient (Wildman–Crippen LogP) is 2.36. The Hall–Kier alpha value is -2.91.